The Kier molecular flexibility index (Phi) is 8.34. The Morgan fingerprint density at radius 3 is 2.38 bits per heavy atom. The Morgan fingerprint density at radius 2 is 1.73 bits per heavy atom. The maximum Gasteiger partial charge on any atom is 0.291 e. The molecule has 0 atom stereocenters. The number of ether oxygens (including phenoxy) is 1. The number of nitrogens with one attached hydrogen (secondary N) is 2. The predicted octanol–water partition coefficient (Wildman–Crippen LogP) is 0.547. The number of methoxy groups -OCH3 is 1. The van der Waals surface area contributed by atoms with Gasteiger partial charge in [0.1, 0.15) is 11.4 Å². The number of quaternary nitrogens is 1. The van der Waals surface area contributed by atoms with Crippen LogP contribution in [0.25, 0.3) is 11.0 Å². The van der Waals surface area contributed by atoms with Gasteiger partial charge in [0.2, 0.25) is 5.91 Å². The number of hydrogen-bond donors (Lipinski definition) is 3. The molecule has 2 saturated heterocycles. The van der Waals surface area contributed by atoms with E-state index in [1.54, 1.807) is 18.1 Å². The Hall–Kier alpha value is -3.93. The van der Waals surface area contributed by atoms with Crippen molar-refractivity contribution in [3.8, 4) is 5.75 Å². The number of rotatable bonds is 7. The number of carbonyl (C=O) groups excluding carboxylic acids is 2. The Balaban J connectivity index is 1.31. The van der Waals surface area contributed by atoms with E-state index in [9.17, 15) is 14.4 Å². The van der Waals surface area contributed by atoms with Gasteiger partial charge in [-0.2, -0.15) is 0 Å². The molecule has 2 aliphatic rings. The second-order valence-corrected chi connectivity index (χ2v) is 10.3. The van der Waals surface area contributed by atoms with Gasteiger partial charge in [0.25, 0.3) is 5.91 Å². The third kappa shape index (κ3) is 5.96. The van der Waals surface area contributed by atoms with Gasteiger partial charge in [0.15, 0.2) is 16.8 Å². The number of anilines is 2. The summed E-state index contributed by atoms with van der Waals surface area (Å²) >= 11 is 0. The van der Waals surface area contributed by atoms with Gasteiger partial charge in [0, 0.05) is 62.6 Å². The smallest absolute Gasteiger partial charge is 0.291 e. The van der Waals surface area contributed by atoms with Crippen LogP contribution in [0.4, 0.5) is 17.1 Å². The molecule has 0 spiro atoms. The first-order valence-electron chi connectivity index (χ1n) is 13.6. The highest BCUT2D eigenvalue weighted by Crippen LogP contribution is 2.32. The quantitative estimate of drug-likeness (QED) is 0.390. The van der Waals surface area contributed by atoms with Crippen LogP contribution < -0.4 is 25.3 Å². The first kappa shape index (κ1) is 27.6. The minimum Gasteiger partial charge on any atom is -0.497 e. The molecule has 3 heterocycles. The molecule has 2 aromatic carbocycles. The van der Waals surface area contributed by atoms with Gasteiger partial charge in [-0.05, 0) is 25.2 Å². The second-order valence-electron chi connectivity index (χ2n) is 10.3. The number of piperazine rings is 2. The number of amides is 2. The van der Waals surface area contributed by atoms with Crippen LogP contribution in [0.15, 0.2) is 51.7 Å². The van der Waals surface area contributed by atoms with E-state index >= 15 is 0 Å². The summed E-state index contributed by atoms with van der Waals surface area (Å²) in [6, 6.07) is 12.3. The molecule has 2 amide bonds. The van der Waals surface area contributed by atoms with Gasteiger partial charge in [-0.15, -0.1) is 0 Å². The van der Waals surface area contributed by atoms with Crippen LogP contribution in [0.3, 0.4) is 0 Å². The van der Waals surface area contributed by atoms with Crippen LogP contribution in [-0.4, -0.2) is 99.8 Å². The zero-order valence-electron chi connectivity index (χ0n) is 22.9. The lowest BCUT2D eigenvalue weighted by Crippen LogP contribution is -3.10. The molecule has 2 aliphatic heterocycles. The molecule has 0 radical (unpaired) electrons. The molecule has 2 fully saturated rings. The molecule has 0 aliphatic carbocycles. The molecule has 3 aromatic rings. The van der Waals surface area contributed by atoms with Gasteiger partial charge in [-0.25, -0.2) is 0 Å². The fraction of sp³-hybridized carbons (Fsp3) is 0.414. The fourth-order valence-electron chi connectivity index (χ4n) is 5.28. The molecule has 212 valence electrons. The summed E-state index contributed by atoms with van der Waals surface area (Å²) < 4.78 is 11.5. The lowest BCUT2D eigenvalue weighted by molar-refractivity contribution is -0.837. The maximum atomic E-state index is 13.2. The van der Waals surface area contributed by atoms with Crippen molar-refractivity contribution in [3.05, 3.63) is 58.4 Å². The van der Waals surface area contributed by atoms with Crippen LogP contribution >= 0.6 is 0 Å². The predicted molar refractivity (Wildman–Crippen MR) is 152 cm³/mol. The van der Waals surface area contributed by atoms with Gasteiger partial charge < -0.3 is 34.3 Å². The topological polar surface area (TPSA) is 120 Å². The van der Waals surface area contributed by atoms with Gasteiger partial charge in [0.05, 0.1) is 51.0 Å². The van der Waals surface area contributed by atoms with Crippen molar-refractivity contribution in [2.24, 2.45) is 0 Å². The summed E-state index contributed by atoms with van der Waals surface area (Å²) in [6.45, 7) is 5.95. The maximum absolute atomic E-state index is 13.2. The van der Waals surface area contributed by atoms with Crippen LogP contribution in [0.5, 0.6) is 5.75 Å². The highest BCUT2D eigenvalue weighted by molar-refractivity contribution is 6.03. The highest BCUT2D eigenvalue weighted by atomic mass is 16.5. The summed E-state index contributed by atoms with van der Waals surface area (Å²) in [4.78, 5) is 45.7. The lowest BCUT2D eigenvalue weighted by Gasteiger charge is -2.34. The van der Waals surface area contributed by atoms with Gasteiger partial charge in [-0.3, -0.25) is 19.3 Å². The van der Waals surface area contributed by atoms with Crippen molar-refractivity contribution in [2.45, 2.75) is 6.42 Å². The molecule has 11 heteroatoms. The number of likely N-dealkylation sites (N-methyl/N-ethyl adjacent to an activating group) is 1. The number of carbonyl (C=O) groups is 2. The molecule has 0 unspecified atom stereocenters. The van der Waals surface area contributed by atoms with Gasteiger partial charge in [-0.1, -0.05) is 0 Å². The van der Waals surface area contributed by atoms with E-state index < -0.39 is 5.91 Å². The van der Waals surface area contributed by atoms with Crippen molar-refractivity contribution in [1.29, 1.82) is 0 Å². The number of fused-ring (bicyclic) bond motifs is 1. The van der Waals surface area contributed by atoms with Crippen molar-refractivity contribution < 1.29 is 28.7 Å². The van der Waals surface area contributed by atoms with Crippen molar-refractivity contribution >= 4 is 39.8 Å². The SMILES string of the molecule is COc1cc(N2CCN(C)CC2)c2oc(C(=O)Nc3ccc([NH+]4CCN(C(=O)CCO)CC4)cc3)cc(=O)c2c1. The van der Waals surface area contributed by atoms with Gasteiger partial charge >= 0.3 is 0 Å². The van der Waals surface area contributed by atoms with E-state index in [1.165, 1.54) is 11.0 Å². The second kappa shape index (κ2) is 12.1. The van der Waals surface area contributed by atoms with E-state index in [0.717, 1.165) is 50.6 Å². The fourth-order valence-corrected chi connectivity index (χ4v) is 5.28. The first-order chi connectivity index (χ1) is 19.4. The molecular formula is C29H36N5O6+. The molecule has 40 heavy (non-hydrogen) atoms. The molecular weight excluding hydrogens is 514 g/mol. The third-order valence-electron chi connectivity index (χ3n) is 7.68. The van der Waals surface area contributed by atoms with E-state index in [0.29, 0.717) is 35.5 Å². The van der Waals surface area contributed by atoms with Crippen molar-refractivity contribution in [1.82, 2.24) is 9.80 Å². The minimum atomic E-state index is -0.504. The van der Waals surface area contributed by atoms with E-state index in [1.807, 2.05) is 30.3 Å². The molecule has 0 saturated carbocycles. The van der Waals surface area contributed by atoms with Crippen LogP contribution in [-0.2, 0) is 4.79 Å². The Morgan fingerprint density at radius 1 is 1.02 bits per heavy atom. The monoisotopic (exact) mass is 550 g/mol. The molecule has 11 nitrogen and oxygen atoms in total. The summed E-state index contributed by atoms with van der Waals surface area (Å²) in [6.07, 6.45) is 0.159. The third-order valence-corrected chi connectivity index (χ3v) is 7.68. The van der Waals surface area contributed by atoms with Crippen molar-refractivity contribution in [3.63, 3.8) is 0 Å². The largest absolute Gasteiger partial charge is 0.497 e. The van der Waals surface area contributed by atoms with Crippen LogP contribution in [0, 0.1) is 0 Å². The molecule has 1 aromatic heterocycles. The zero-order chi connectivity index (χ0) is 28.2. The van der Waals surface area contributed by atoms with Crippen LogP contribution in [0.2, 0.25) is 0 Å². The summed E-state index contributed by atoms with van der Waals surface area (Å²) in [5.74, 6) is -0.0206. The zero-order valence-corrected chi connectivity index (χ0v) is 22.9. The minimum absolute atomic E-state index is 0.0188. The normalized spacial score (nSPS) is 16.8. The number of aliphatic hydroxyl groups is 1. The first-order valence-corrected chi connectivity index (χ1v) is 13.6. The summed E-state index contributed by atoms with van der Waals surface area (Å²) in [5.41, 5.74) is 2.45. The molecule has 5 rings (SSSR count). The van der Waals surface area contributed by atoms with Crippen molar-refractivity contribution in [2.75, 3.05) is 83.3 Å². The Labute approximate surface area is 232 Å². The summed E-state index contributed by atoms with van der Waals surface area (Å²) in [5, 5.41) is 12.2. The number of hydrogen-bond acceptors (Lipinski definition) is 8. The lowest BCUT2D eigenvalue weighted by atomic mass is 10.1. The number of benzene rings is 2. The van der Waals surface area contributed by atoms with E-state index in [2.05, 4.69) is 22.2 Å². The highest BCUT2D eigenvalue weighted by Gasteiger charge is 2.25. The standard InChI is InChI=1S/C29H35N5O6/c1-31-8-10-33(11-9-31)24-18-22(39-2)17-23-25(36)19-26(40-28(23)24)29(38)30-20-3-5-21(6-4-20)32-12-14-34(15-13-32)27(37)7-16-35/h3-6,17-19,35H,7-16H2,1-2H3,(H,30,38)/p+1. The molecule has 0 bridgehead atoms. The average molecular weight is 551 g/mol. The van der Waals surface area contributed by atoms with E-state index in [-0.39, 0.29) is 30.1 Å². The average Bonchev–Trinajstić information content (AvgIpc) is 2.97. The summed E-state index contributed by atoms with van der Waals surface area (Å²) in [7, 11) is 3.63. The number of aliphatic hydroxyl groups excluding tert-OH is 1. The Bertz CT molecular complexity index is 1420. The number of nitrogens with zero attached hydrogens (tertiary/aromatic N) is 3. The molecule has 3 N–H and O–H groups in total. The van der Waals surface area contributed by atoms with Crippen LogP contribution in [0.1, 0.15) is 17.0 Å². The van der Waals surface area contributed by atoms with E-state index in [4.69, 9.17) is 14.3 Å².